The number of fused-ring (bicyclic) bond motifs is 1. The van der Waals surface area contributed by atoms with Crippen molar-refractivity contribution in [1.29, 1.82) is 0 Å². The largest absolute Gasteiger partial charge is 0.326 e. The third-order valence-corrected chi connectivity index (χ3v) is 4.64. The number of amides is 1. The van der Waals surface area contributed by atoms with Crippen molar-refractivity contribution in [3.8, 4) is 11.3 Å². The Kier molecular flexibility index (Phi) is 5.15. The average molecular weight is 394 g/mol. The first-order valence-electron chi connectivity index (χ1n) is 7.73. The summed E-state index contributed by atoms with van der Waals surface area (Å²) in [5.74, 6) is -0.0216. The van der Waals surface area contributed by atoms with Gasteiger partial charge in [-0.1, -0.05) is 23.2 Å². The molecule has 26 heavy (non-hydrogen) atoms. The number of hydrogen-bond donors (Lipinski definition) is 1. The van der Waals surface area contributed by atoms with E-state index in [9.17, 15) is 4.79 Å². The second-order valence-corrected chi connectivity index (χ2v) is 6.48. The van der Waals surface area contributed by atoms with Gasteiger partial charge in [0.2, 0.25) is 5.78 Å². The first-order valence-corrected chi connectivity index (χ1v) is 8.49. The van der Waals surface area contributed by atoms with Crippen LogP contribution < -0.4 is 5.73 Å². The van der Waals surface area contributed by atoms with E-state index in [-0.39, 0.29) is 12.2 Å². The van der Waals surface area contributed by atoms with Crippen molar-refractivity contribution in [2.24, 2.45) is 5.73 Å². The van der Waals surface area contributed by atoms with Crippen LogP contribution in [0.3, 0.4) is 0 Å². The molecule has 1 amide bonds. The Balaban J connectivity index is 2.32. The van der Waals surface area contributed by atoms with Gasteiger partial charge in [-0.25, -0.2) is 15.0 Å². The van der Waals surface area contributed by atoms with E-state index in [1.165, 1.54) is 14.2 Å². The van der Waals surface area contributed by atoms with Crippen LogP contribution in [0.15, 0.2) is 24.4 Å². The number of rotatable bonds is 4. The van der Waals surface area contributed by atoms with E-state index in [0.717, 1.165) is 21.9 Å². The third-order valence-electron chi connectivity index (χ3n) is 4.09. The summed E-state index contributed by atoms with van der Waals surface area (Å²) in [6.45, 7) is 2.09. The molecule has 2 heterocycles. The van der Waals surface area contributed by atoms with Crippen LogP contribution >= 0.6 is 23.2 Å². The zero-order valence-corrected chi connectivity index (χ0v) is 16.0. The normalized spacial score (nSPS) is 11.2. The fourth-order valence-corrected chi connectivity index (χ4v) is 3.21. The summed E-state index contributed by atoms with van der Waals surface area (Å²) in [5.41, 5.74) is 9.12. The van der Waals surface area contributed by atoms with Crippen LogP contribution in [0.5, 0.6) is 0 Å². The van der Waals surface area contributed by atoms with Crippen LogP contribution in [0.25, 0.3) is 17.0 Å². The Morgan fingerprint density at radius 3 is 2.69 bits per heavy atom. The predicted octanol–water partition coefficient (Wildman–Crippen LogP) is 3.10. The van der Waals surface area contributed by atoms with E-state index in [2.05, 4.69) is 9.97 Å². The second-order valence-electron chi connectivity index (χ2n) is 5.63. The van der Waals surface area contributed by atoms with Gasteiger partial charge >= 0.3 is 0 Å². The molecule has 0 aliphatic carbocycles. The highest BCUT2D eigenvalue weighted by Crippen LogP contribution is 2.34. The Bertz CT molecular complexity index is 1000. The Hall–Kier alpha value is -2.19. The molecule has 0 spiro atoms. The van der Waals surface area contributed by atoms with Crippen LogP contribution in [-0.2, 0) is 11.4 Å². The number of aryl methyl sites for hydroxylation is 1. The maximum absolute atomic E-state index is 12.4. The van der Waals surface area contributed by atoms with Crippen LogP contribution in [0.1, 0.15) is 21.7 Å². The summed E-state index contributed by atoms with van der Waals surface area (Å²) < 4.78 is 1.71. The van der Waals surface area contributed by atoms with E-state index in [1.54, 1.807) is 28.8 Å². The van der Waals surface area contributed by atoms with E-state index < -0.39 is 5.91 Å². The van der Waals surface area contributed by atoms with Gasteiger partial charge in [-0.2, -0.15) is 0 Å². The predicted molar refractivity (Wildman–Crippen MR) is 100 cm³/mol. The average Bonchev–Trinajstić information content (AvgIpc) is 3.03. The molecule has 3 aromatic rings. The van der Waals surface area contributed by atoms with E-state index in [4.69, 9.17) is 33.8 Å². The molecule has 2 aromatic heterocycles. The van der Waals surface area contributed by atoms with Crippen molar-refractivity contribution in [3.63, 3.8) is 0 Å². The number of hydroxylamine groups is 2. The number of imidazole rings is 1. The van der Waals surface area contributed by atoms with Gasteiger partial charge in [0, 0.05) is 41.6 Å². The lowest BCUT2D eigenvalue weighted by Crippen LogP contribution is -2.25. The number of carbonyl (C=O) groups excluding carboxylic acids is 1. The molecule has 0 saturated carbocycles. The summed E-state index contributed by atoms with van der Waals surface area (Å²) in [6, 6.07) is 5.20. The van der Waals surface area contributed by atoms with Crippen molar-refractivity contribution in [2.45, 2.75) is 13.5 Å². The van der Waals surface area contributed by atoms with Crippen LogP contribution in [0.2, 0.25) is 10.0 Å². The van der Waals surface area contributed by atoms with Crippen LogP contribution in [0.4, 0.5) is 0 Å². The van der Waals surface area contributed by atoms with Crippen molar-refractivity contribution in [3.05, 3.63) is 51.4 Å². The summed E-state index contributed by atoms with van der Waals surface area (Å²) >= 11 is 12.4. The van der Waals surface area contributed by atoms with E-state index in [0.29, 0.717) is 21.5 Å². The molecule has 0 aliphatic heterocycles. The molecule has 0 bridgehead atoms. The number of aromatic nitrogens is 3. The fourth-order valence-electron chi connectivity index (χ4n) is 2.71. The minimum atomic E-state index is -0.391. The first-order chi connectivity index (χ1) is 12.4. The number of benzene rings is 1. The Labute approximate surface area is 160 Å². The lowest BCUT2D eigenvalue weighted by molar-refractivity contribution is -0.0760. The van der Waals surface area contributed by atoms with Gasteiger partial charge in [-0.15, -0.1) is 0 Å². The molecule has 9 heteroatoms. The molecule has 0 aliphatic rings. The van der Waals surface area contributed by atoms with Gasteiger partial charge in [-0.3, -0.25) is 14.0 Å². The molecule has 0 radical (unpaired) electrons. The van der Waals surface area contributed by atoms with E-state index in [1.807, 2.05) is 6.92 Å². The Morgan fingerprint density at radius 1 is 1.35 bits per heavy atom. The topological polar surface area (TPSA) is 85.8 Å². The molecule has 0 saturated heterocycles. The number of carbonyl (C=O) groups is 1. The summed E-state index contributed by atoms with van der Waals surface area (Å²) in [5, 5.41) is 2.08. The first kappa shape index (κ1) is 18.6. The van der Waals surface area contributed by atoms with Gasteiger partial charge in [0.1, 0.15) is 0 Å². The Morgan fingerprint density at radius 2 is 2.08 bits per heavy atom. The highest BCUT2D eigenvalue weighted by molar-refractivity contribution is 6.36. The summed E-state index contributed by atoms with van der Waals surface area (Å²) in [6.07, 6.45) is 1.60. The third kappa shape index (κ3) is 3.14. The smallest absolute Gasteiger partial charge is 0.297 e. The van der Waals surface area contributed by atoms with Gasteiger partial charge in [-0.05, 0) is 25.1 Å². The molecular weight excluding hydrogens is 377 g/mol. The molecule has 0 fully saturated rings. The standard InChI is InChI=1S/C17H17Cl2N5O2/c1-9-12(7-20)15(11-5-4-10(18)6-13(11)19)24-8-14(22-17(24)21-9)16(25)23(2)26-3/h4-6,8H,7,20H2,1-3H3. The molecule has 136 valence electrons. The van der Waals surface area contributed by atoms with Gasteiger partial charge < -0.3 is 5.73 Å². The monoisotopic (exact) mass is 393 g/mol. The van der Waals surface area contributed by atoms with Gasteiger partial charge in [0.25, 0.3) is 5.91 Å². The maximum atomic E-state index is 12.4. The SMILES string of the molecule is CON(C)C(=O)c1cn2c(-c3ccc(Cl)cc3Cl)c(CN)c(C)nc2n1. The minimum absolute atomic E-state index is 0.196. The number of hydrogen-bond acceptors (Lipinski definition) is 5. The lowest BCUT2D eigenvalue weighted by atomic mass is 10.0. The quantitative estimate of drug-likeness (QED) is 0.688. The van der Waals surface area contributed by atoms with E-state index >= 15 is 0 Å². The molecule has 7 nitrogen and oxygen atoms in total. The molecule has 0 unspecified atom stereocenters. The maximum Gasteiger partial charge on any atom is 0.297 e. The molecule has 1 aromatic carbocycles. The molecular formula is C17H17Cl2N5O2. The molecule has 2 N–H and O–H groups in total. The fraction of sp³-hybridized carbons (Fsp3) is 0.235. The highest BCUT2D eigenvalue weighted by atomic mass is 35.5. The highest BCUT2D eigenvalue weighted by Gasteiger charge is 2.21. The van der Waals surface area contributed by atoms with Crippen LogP contribution in [-0.4, -0.2) is 39.5 Å². The zero-order valence-electron chi connectivity index (χ0n) is 14.5. The van der Waals surface area contributed by atoms with Gasteiger partial charge in [0.15, 0.2) is 5.69 Å². The molecule has 3 rings (SSSR count). The second kappa shape index (κ2) is 7.20. The number of halogens is 2. The number of nitrogens with zero attached hydrogens (tertiary/aromatic N) is 4. The minimum Gasteiger partial charge on any atom is -0.326 e. The molecule has 0 atom stereocenters. The van der Waals surface area contributed by atoms with Gasteiger partial charge in [0.05, 0.1) is 17.8 Å². The van der Waals surface area contributed by atoms with Crippen molar-refractivity contribution >= 4 is 34.9 Å². The summed E-state index contributed by atoms with van der Waals surface area (Å²) in [4.78, 5) is 26.1. The van der Waals surface area contributed by atoms with Crippen molar-refractivity contribution in [2.75, 3.05) is 14.2 Å². The lowest BCUT2D eigenvalue weighted by Gasteiger charge is -2.14. The van der Waals surface area contributed by atoms with Crippen LogP contribution in [0, 0.1) is 6.92 Å². The van der Waals surface area contributed by atoms with Crippen molar-refractivity contribution in [1.82, 2.24) is 19.4 Å². The summed E-state index contributed by atoms with van der Waals surface area (Å²) in [7, 11) is 2.91. The zero-order chi connectivity index (χ0) is 19.0. The number of nitrogens with two attached hydrogens (primary N) is 1. The van der Waals surface area contributed by atoms with Crippen molar-refractivity contribution < 1.29 is 9.63 Å².